The minimum absolute atomic E-state index is 0.161. The summed E-state index contributed by atoms with van der Waals surface area (Å²) in [7, 11) is 0. The van der Waals surface area contributed by atoms with Gasteiger partial charge in [0, 0.05) is 19.0 Å². The molecule has 0 fully saturated rings. The van der Waals surface area contributed by atoms with E-state index in [0.717, 1.165) is 26.1 Å². The highest BCUT2D eigenvalue weighted by molar-refractivity contribution is 7.80. The maximum absolute atomic E-state index is 10.8. The summed E-state index contributed by atoms with van der Waals surface area (Å²) in [5.41, 5.74) is 0. The summed E-state index contributed by atoms with van der Waals surface area (Å²) in [4.78, 5) is 10.8. The molecule has 4 heteroatoms. The summed E-state index contributed by atoms with van der Waals surface area (Å²) in [6.07, 6.45) is 2.22. The first-order valence-corrected chi connectivity index (χ1v) is 5.28. The van der Waals surface area contributed by atoms with Crippen LogP contribution in [-0.2, 0) is 14.3 Å². The predicted octanol–water partition coefficient (Wildman–Crippen LogP) is 1.67. The van der Waals surface area contributed by atoms with Crippen LogP contribution in [0.4, 0.5) is 0 Å². The predicted molar refractivity (Wildman–Crippen MR) is 55.2 cm³/mol. The molecule has 0 aromatic rings. The number of thiol groups is 1. The number of unbranched alkanes of at least 4 members (excludes halogenated alkanes) is 1. The van der Waals surface area contributed by atoms with E-state index in [1.54, 1.807) is 0 Å². The first-order valence-electron chi connectivity index (χ1n) is 4.65. The lowest BCUT2D eigenvalue weighted by Gasteiger charge is -2.03. The maximum Gasteiger partial charge on any atom is 0.306 e. The number of hydrogen-bond acceptors (Lipinski definition) is 4. The molecule has 0 N–H and O–H groups in total. The molecule has 0 heterocycles. The Labute approximate surface area is 85.2 Å². The lowest BCUT2D eigenvalue weighted by Crippen LogP contribution is -2.07. The van der Waals surface area contributed by atoms with Crippen molar-refractivity contribution in [3.05, 3.63) is 0 Å². The second-order valence-corrected chi connectivity index (χ2v) is 3.05. The molecule has 0 aliphatic heterocycles. The zero-order valence-electron chi connectivity index (χ0n) is 8.12. The zero-order chi connectivity index (χ0) is 9.94. The minimum atomic E-state index is -0.161. The zero-order valence-corrected chi connectivity index (χ0v) is 9.02. The molecule has 13 heavy (non-hydrogen) atoms. The molecule has 0 saturated carbocycles. The Bertz CT molecular complexity index is 128. The topological polar surface area (TPSA) is 35.5 Å². The van der Waals surface area contributed by atoms with Crippen LogP contribution in [0.25, 0.3) is 0 Å². The van der Waals surface area contributed by atoms with Gasteiger partial charge in [0.15, 0.2) is 0 Å². The van der Waals surface area contributed by atoms with Crippen LogP contribution in [0.1, 0.15) is 26.2 Å². The SMILES string of the molecule is CCOCCCCOC(=O)CCS. The van der Waals surface area contributed by atoms with Crippen molar-refractivity contribution in [2.24, 2.45) is 0 Å². The summed E-state index contributed by atoms with van der Waals surface area (Å²) >= 11 is 3.93. The molecule has 0 bridgehead atoms. The molecule has 0 saturated heterocycles. The molecule has 0 amide bonds. The van der Waals surface area contributed by atoms with E-state index in [-0.39, 0.29) is 5.97 Å². The lowest BCUT2D eigenvalue weighted by molar-refractivity contribution is -0.143. The minimum Gasteiger partial charge on any atom is -0.466 e. The van der Waals surface area contributed by atoms with Gasteiger partial charge in [-0.15, -0.1) is 0 Å². The fourth-order valence-corrected chi connectivity index (χ4v) is 0.983. The normalized spacial score (nSPS) is 10.0. The van der Waals surface area contributed by atoms with Crippen molar-refractivity contribution in [1.29, 1.82) is 0 Å². The Kier molecular flexibility index (Phi) is 9.70. The molecule has 0 aliphatic carbocycles. The van der Waals surface area contributed by atoms with E-state index in [4.69, 9.17) is 9.47 Å². The van der Waals surface area contributed by atoms with Crippen LogP contribution in [0.3, 0.4) is 0 Å². The van der Waals surface area contributed by atoms with Gasteiger partial charge in [0.2, 0.25) is 0 Å². The van der Waals surface area contributed by atoms with E-state index in [0.29, 0.717) is 18.8 Å². The fraction of sp³-hybridized carbons (Fsp3) is 0.889. The van der Waals surface area contributed by atoms with Crippen molar-refractivity contribution in [2.45, 2.75) is 26.2 Å². The summed E-state index contributed by atoms with van der Waals surface area (Å²) in [5.74, 6) is 0.393. The van der Waals surface area contributed by atoms with Gasteiger partial charge in [-0.1, -0.05) is 0 Å². The second-order valence-electron chi connectivity index (χ2n) is 2.60. The molecule has 0 aromatic heterocycles. The second kappa shape index (κ2) is 9.86. The summed E-state index contributed by atoms with van der Waals surface area (Å²) in [6.45, 7) is 3.96. The van der Waals surface area contributed by atoms with Gasteiger partial charge < -0.3 is 9.47 Å². The number of carbonyl (C=O) groups excluding carboxylic acids is 1. The Morgan fingerprint density at radius 3 is 2.62 bits per heavy atom. The number of esters is 1. The highest BCUT2D eigenvalue weighted by Crippen LogP contribution is 1.94. The molecular weight excluding hydrogens is 188 g/mol. The highest BCUT2D eigenvalue weighted by atomic mass is 32.1. The van der Waals surface area contributed by atoms with E-state index in [9.17, 15) is 4.79 Å². The number of hydrogen-bond donors (Lipinski definition) is 1. The Morgan fingerprint density at radius 1 is 1.31 bits per heavy atom. The van der Waals surface area contributed by atoms with E-state index in [2.05, 4.69) is 12.6 Å². The standard InChI is InChI=1S/C9H18O3S/c1-2-11-6-3-4-7-12-9(10)5-8-13/h13H,2-8H2,1H3. The van der Waals surface area contributed by atoms with Crippen LogP contribution >= 0.6 is 12.6 Å². The van der Waals surface area contributed by atoms with E-state index >= 15 is 0 Å². The lowest BCUT2D eigenvalue weighted by atomic mass is 10.3. The first kappa shape index (κ1) is 12.8. The van der Waals surface area contributed by atoms with Crippen LogP contribution < -0.4 is 0 Å². The van der Waals surface area contributed by atoms with E-state index < -0.39 is 0 Å². The van der Waals surface area contributed by atoms with E-state index in [1.807, 2.05) is 6.92 Å². The van der Waals surface area contributed by atoms with Gasteiger partial charge in [-0.05, 0) is 19.8 Å². The molecule has 0 atom stereocenters. The number of carbonyl (C=O) groups is 1. The van der Waals surface area contributed by atoms with Crippen molar-refractivity contribution in [2.75, 3.05) is 25.6 Å². The van der Waals surface area contributed by atoms with Crippen molar-refractivity contribution in [3.8, 4) is 0 Å². The van der Waals surface area contributed by atoms with Gasteiger partial charge in [-0.3, -0.25) is 4.79 Å². The smallest absolute Gasteiger partial charge is 0.306 e. The molecule has 3 nitrogen and oxygen atoms in total. The molecule has 78 valence electrons. The Balaban J connectivity index is 3.02. The van der Waals surface area contributed by atoms with Crippen molar-refractivity contribution < 1.29 is 14.3 Å². The van der Waals surface area contributed by atoms with Gasteiger partial charge in [0.05, 0.1) is 13.0 Å². The molecule has 0 radical (unpaired) electrons. The van der Waals surface area contributed by atoms with Crippen LogP contribution in [0.2, 0.25) is 0 Å². The Morgan fingerprint density at radius 2 is 2.00 bits per heavy atom. The quantitative estimate of drug-likeness (QED) is 0.373. The van der Waals surface area contributed by atoms with Crippen LogP contribution in [0.15, 0.2) is 0 Å². The monoisotopic (exact) mass is 206 g/mol. The van der Waals surface area contributed by atoms with Crippen molar-refractivity contribution in [3.63, 3.8) is 0 Å². The maximum atomic E-state index is 10.8. The van der Waals surface area contributed by atoms with Gasteiger partial charge in [-0.25, -0.2) is 0 Å². The molecule has 0 rings (SSSR count). The van der Waals surface area contributed by atoms with Crippen LogP contribution in [-0.4, -0.2) is 31.5 Å². The third-order valence-electron chi connectivity index (χ3n) is 1.47. The largest absolute Gasteiger partial charge is 0.466 e. The summed E-state index contributed by atoms with van der Waals surface area (Å²) in [6, 6.07) is 0. The average Bonchev–Trinajstić information content (AvgIpc) is 2.11. The number of ether oxygens (including phenoxy) is 2. The molecular formula is C9H18O3S. The summed E-state index contributed by atoms with van der Waals surface area (Å²) < 4.78 is 10.1. The average molecular weight is 206 g/mol. The molecule has 0 spiro atoms. The van der Waals surface area contributed by atoms with E-state index in [1.165, 1.54) is 0 Å². The fourth-order valence-electron chi connectivity index (χ4n) is 0.800. The third kappa shape index (κ3) is 9.70. The van der Waals surface area contributed by atoms with Gasteiger partial charge in [0.25, 0.3) is 0 Å². The van der Waals surface area contributed by atoms with Gasteiger partial charge >= 0.3 is 5.97 Å². The van der Waals surface area contributed by atoms with Gasteiger partial charge in [-0.2, -0.15) is 12.6 Å². The highest BCUT2D eigenvalue weighted by Gasteiger charge is 1.99. The Hall–Kier alpha value is -0.220. The summed E-state index contributed by atoms with van der Waals surface area (Å²) in [5, 5.41) is 0. The molecule has 0 unspecified atom stereocenters. The molecule has 0 aromatic carbocycles. The van der Waals surface area contributed by atoms with Crippen molar-refractivity contribution >= 4 is 18.6 Å². The van der Waals surface area contributed by atoms with Crippen molar-refractivity contribution in [1.82, 2.24) is 0 Å². The van der Waals surface area contributed by atoms with Crippen LogP contribution in [0.5, 0.6) is 0 Å². The van der Waals surface area contributed by atoms with Gasteiger partial charge in [0.1, 0.15) is 0 Å². The number of rotatable bonds is 8. The van der Waals surface area contributed by atoms with Crippen LogP contribution in [0, 0.1) is 0 Å². The molecule has 0 aliphatic rings. The first-order chi connectivity index (χ1) is 6.31. The third-order valence-corrected chi connectivity index (χ3v) is 1.69.